The van der Waals surface area contributed by atoms with Gasteiger partial charge in [0, 0.05) is 24.9 Å². The highest BCUT2D eigenvalue weighted by Gasteiger charge is 2.30. The van der Waals surface area contributed by atoms with E-state index in [0.29, 0.717) is 0 Å². The summed E-state index contributed by atoms with van der Waals surface area (Å²) >= 11 is 0. The molecule has 0 aliphatic heterocycles. The van der Waals surface area contributed by atoms with E-state index in [1.54, 1.807) is 0 Å². The lowest BCUT2D eigenvalue weighted by atomic mass is 9.87. The van der Waals surface area contributed by atoms with Gasteiger partial charge in [0.25, 0.3) is 0 Å². The second-order valence-electron chi connectivity index (χ2n) is 6.52. The third-order valence-corrected chi connectivity index (χ3v) is 3.60. The van der Waals surface area contributed by atoms with Crippen molar-refractivity contribution in [3.8, 4) is 0 Å². The van der Waals surface area contributed by atoms with Crippen molar-refractivity contribution in [1.29, 1.82) is 0 Å². The maximum Gasteiger partial charge on any atom is 0.117 e. The fourth-order valence-corrected chi connectivity index (χ4v) is 2.40. The minimum absolute atomic E-state index is 0.0911. The quantitative estimate of drug-likeness (QED) is 0.857. The molecule has 0 aliphatic rings. The van der Waals surface area contributed by atoms with E-state index < -0.39 is 0 Å². The average molecular weight is 290 g/mol. The molecule has 116 valence electrons. The third kappa shape index (κ3) is 3.77. The van der Waals surface area contributed by atoms with Gasteiger partial charge in [0.05, 0.1) is 5.41 Å². The molecule has 0 aliphatic carbocycles. The van der Waals surface area contributed by atoms with Crippen molar-refractivity contribution in [3.63, 3.8) is 0 Å². The summed E-state index contributed by atoms with van der Waals surface area (Å²) in [4.78, 5) is 0. The molecule has 21 heavy (non-hydrogen) atoms. The second-order valence-corrected chi connectivity index (χ2v) is 6.52. The Balaban J connectivity index is 2.20. The highest BCUT2D eigenvalue weighted by atomic mass is 16.4. The molecule has 0 radical (unpaired) electrons. The Bertz CT molecular complexity index is 529. The average Bonchev–Trinajstić information content (AvgIpc) is 2.97. The van der Waals surface area contributed by atoms with Gasteiger partial charge in [-0.05, 0) is 52.0 Å². The van der Waals surface area contributed by atoms with E-state index in [1.807, 2.05) is 38.1 Å². The number of furan rings is 2. The van der Waals surface area contributed by atoms with Crippen LogP contribution >= 0.6 is 0 Å². The lowest BCUT2D eigenvalue weighted by Crippen LogP contribution is -2.19. The van der Waals surface area contributed by atoms with Crippen molar-refractivity contribution >= 4 is 0 Å². The lowest BCUT2D eigenvalue weighted by Gasteiger charge is -2.19. The molecule has 0 saturated heterocycles. The number of nitrogens with two attached hydrogens (primary N) is 2. The molecular formula is C17H26N2O2. The van der Waals surface area contributed by atoms with Crippen LogP contribution in [-0.2, 0) is 18.3 Å². The topological polar surface area (TPSA) is 78.3 Å². The van der Waals surface area contributed by atoms with Crippen LogP contribution in [0.25, 0.3) is 0 Å². The van der Waals surface area contributed by atoms with Gasteiger partial charge in [0.15, 0.2) is 0 Å². The van der Waals surface area contributed by atoms with Gasteiger partial charge in [-0.1, -0.05) is 0 Å². The predicted molar refractivity (Wildman–Crippen MR) is 84.3 cm³/mol. The molecule has 2 heterocycles. The van der Waals surface area contributed by atoms with E-state index in [4.69, 9.17) is 20.3 Å². The van der Waals surface area contributed by atoms with E-state index in [2.05, 4.69) is 13.8 Å². The first-order valence-electron chi connectivity index (χ1n) is 7.48. The van der Waals surface area contributed by atoms with Crippen molar-refractivity contribution in [1.82, 2.24) is 0 Å². The summed E-state index contributed by atoms with van der Waals surface area (Å²) in [5, 5.41) is 0. The summed E-state index contributed by atoms with van der Waals surface area (Å²) in [7, 11) is 0. The summed E-state index contributed by atoms with van der Waals surface area (Å²) < 4.78 is 11.9. The van der Waals surface area contributed by atoms with E-state index >= 15 is 0 Å². The van der Waals surface area contributed by atoms with Crippen LogP contribution in [0.15, 0.2) is 33.1 Å². The molecule has 2 atom stereocenters. The zero-order valence-electron chi connectivity index (χ0n) is 13.3. The van der Waals surface area contributed by atoms with Crippen molar-refractivity contribution in [2.24, 2.45) is 11.5 Å². The first-order valence-corrected chi connectivity index (χ1v) is 7.48. The number of hydrogen-bond donors (Lipinski definition) is 2. The summed E-state index contributed by atoms with van der Waals surface area (Å²) in [6.07, 6.45) is 1.48. The van der Waals surface area contributed by atoms with Gasteiger partial charge in [-0.25, -0.2) is 0 Å². The SMILES string of the molecule is CC(N)Cc1ccc(C(C)(C)c2ccc(CC(C)N)o2)o1. The van der Waals surface area contributed by atoms with Crippen LogP contribution in [0.3, 0.4) is 0 Å². The molecule has 0 spiro atoms. The standard InChI is InChI=1S/C17H26N2O2/c1-11(18)9-13-5-7-15(20-13)17(3,4)16-8-6-14(21-16)10-12(2)19/h5-8,11-12H,9-10,18-19H2,1-4H3. The molecule has 2 aromatic heterocycles. The Hall–Kier alpha value is -1.52. The minimum atomic E-state index is -0.313. The first kappa shape index (κ1) is 15.9. The molecule has 4 nitrogen and oxygen atoms in total. The molecule has 4 heteroatoms. The first-order chi connectivity index (χ1) is 9.79. The van der Waals surface area contributed by atoms with E-state index in [1.165, 1.54) is 0 Å². The monoisotopic (exact) mass is 290 g/mol. The van der Waals surface area contributed by atoms with Crippen LogP contribution in [0, 0.1) is 0 Å². The molecule has 0 bridgehead atoms. The number of hydrogen-bond acceptors (Lipinski definition) is 4. The fourth-order valence-electron chi connectivity index (χ4n) is 2.40. The summed E-state index contributed by atoms with van der Waals surface area (Å²) in [6.45, 7) is 8.13. The molecule has 4 N–H and O–H groups in total. The molecule has 2 unspecified atom stereocenters. The van der Waals surface area contributed by atoms with Crippen LogP contribution in [-0.4, -0.2) is 12.1 Å². The van der Waals surface area contributed by atoms with Crippen molar-refractivity contribution in [2.75, 3.05) is 0 Å². The Kier molecular flexibility index (Phi) is 4.59. The Morgan fingerprint density at radius 2 is 1.24 bits per heavy atom. The molecule has 0 aromatic carbocycles. The van der Waals surface area contributed by atoms with Gasteiger partial charge >= 0.3 is 0 Å². The Morgan fingerprint density at radius 1 is 0.857 bits per heavy atom. The smallest absolute Gasteiger partial charge is 0.117 e. The fraction of sp³-hybridized carbons (Fsp3) is 0.529. The van der Waals surface area contributed by atoms with Gasteiger partial charge in [-0.3, -0.25) is 0 Å². The van der Waals surface area contributed by atoms with Crippen molar-refractivity contribution < 1.29 is 8.83 Å². The Labute approximate surface area is 126 Å². The van der Waals surface area contributed by atoms with E-state index in [9.17, 15) is 0 Å². The van der Waals surface area contributed by atoms with Gasteiger partial charge in [0.1, 0.15) is 23.0 Å². The minimum Gasteiger partial charge on any atom is -0.465 e. The second kappa shape index (κ2) is 6.08. The van der Waals surface area contributed by atoms with Crippen LogP contribution in [0.1, 0.15) is 50.7 Å². The number of rotatable bonds is 6. The molecule has 0 fully saturated rings. The van der Waals surface area contributed by atoms with Crippen LogP contribution < -0.4 is 11.5 Å². The maximum atomic E-state index is 5.94. The van der Waals surface area contributed by atoms with Crippen molar-refractivity contribution in [3.05, 3.63) is 47.3 Å². The van der Waals surface area contributed by atoms with Crippen LogP contribution in [0.2, 0.25) is 0 Å². The highest BCUT2D eigenvalue weighted by molar-refractivity contribution is 5.28. The van der Waals surface area contributed by atoms with Crippen LogP contribution in [0.5, 0.6) is 0 Å². The highest BCUT2D eigenvalue weighted by Crippen LogP contribution is 2.34. The largest absolute Gasteiger partial charge is 0.465 e. The van der Waals surface area contributed by atoms with Crippen LogP contribution in [0.4, 0.5) is 0 Å². The Morgan fingerprint density at radius 3 is 1.57 bits per heavy atom. The molecule has 0 saturated carbocycles. The van der Waals surface area contributed by atoms with E-state index in [-0.39, 0.29) is 17.5 Å². The normalized spacial score (nSPS) is 15.1. The summed E-state index contributed by atoms with van der Waals surface area (Å²) in [5.74, 6) is 3.60. The molecule has 2 aromatic rings. The summed E-state index contributed by atoms with van der Waals surface area (Å²) in [5.41, 5.74) is 11.3. The van der Waals surface area contributed by atoms with Crippen molar-refractivity contribution in [2.45, 2.75) is 58.0 Å². The van der Waals surface area contributed by atoms with Gasteiger partial charge in [-0.2, -0.15) is 0 Å². The van der Waals surface area contributed by atoms with E-state index in [0.717, 1.165) is 35.9 Å². The third-order valence-electron chi connectivity index (χ3n) is 3.60. The van der Waals surface area contributed by atoms with Gasteiger partial charge < -0.3 is 20.3 Å². The van der Waals surface area contributed by atoms with Gasteiger partial charge in [-0.15, -0.1) is 0 Å². The predicted octanol–water partition coefficient (Wildman–Crippen LogP) is 2.98. The molecular weight excluding hydrogens is 264 g/mol. The zero-order chi connectivity index (χ0) is 15.6. The molecule has 0 amide bonds. The van der Waals surface area contributed by atoms with Gasteiger partial charge in [0.2, 0.25) is 0 Å². The summed E-state index contributed by atoms with van der Waals surface area (Å²) in [6, 6.07) is 8.18. The molecule has 2 rings (SSSR count). The zero-order valence-corrected chi connectivity index (χ0v) is 13.3. The lowest BCUT2D eigenvalue weighted by molar-refractivity contribution is 0.338. The maximum absolute atomic E-state index is 5.94.